The van der Waals surface area contributed by atoms with E-state index in [0.717, 1.165) is 10.0 Å². The van der Waals surface area contributed by atoms with Crippen LogP contribution in [0.3, 0.4) is 0 Å². The lowest BCUT2D eigenvalue weighted by atomic mass is 10.1. The van der Waals surface area contributed by atoms with E-state index < -0.39 is 0 Å². The molecule has 0 bridgehead atoms. The van der Waals surface area contributed by atoms with Crippen molar-refractivity contribution in [2.75, 3.05) is 18.2 Å². The third-order valence-corrected chi connectivity index (χ3v) is 3.47. The number of nitrogens with one attached hydrogen (secondary N) is 1. The van der Waals surface area contributed by atoms with Crippen LogP contribution in [0.5, 0.6) is 5.75 Å². The lowest BCUT2D eigenvalue weighted by molar-refractivity contribution is -0.115. The largest absolute Gasteiger partial charge is 0.496 e. The van der Waals surface area contributed by atoms with E-state index in [4.69, 9.17) is 10.5 Å². The SMILES string of the molecule is COc1ccccc1CC(=O)Nc1ccc(N)cc1Br. The number of methoxy groups -OCH3 is 1. The van der Waals surface area contributed by atoms with Gasteiger partial charge in [-0.15, -0.1) is 0 Å². The first-order valence-corrected chi connectivity index (χ1v) is 6.86. The molecule has 5 heteroatoms. The highest BCUT2D eigenvalue weighted by Crippen LogP contribution is 2.25. The van der Waals surface area contributed by atoms with E-state index in [0.29, 0.717) is 17.1 Å². The number of carbonyl (C=O) groups is 1. The normalized spacial score (nSPS) is 10.1. The molecule has 0 saturated carbocycles. The minimum absolute atomic E-state index is 0.111. The summed E-state index contributed by atoms with van der Waals surface area (Å²) in [6, 6.07) is 12.7. The monoisotopic (exact) mass is 334 g/mol. The van der Waals surface area contributed by atoms with E-state index in [9.17, 15) is 4.79 Å². The molecule has 0 fully saturated rings. The average Bonchev–Trinajstić information content (AvgIpc) is 2.42. The molecule has 0 aliphatic carbocycles. The van der Waals surface area contributed by atoms with Gasteiger partial charge in [0.25, 0.3) is 0 Å². The fraction of sp³-hybridized carbons (Fsp3) is 0.133. The second kappa shape index (κ2) is 6.43. The van der Waals surface area contributed by atoms with Crippen LogP contribution in [0, 0.1) is 0 Å². The van der Waals surface area contributed by atoms with Gasteiger partial charge in [-0.3, -0.25) is 4.79 Å². The molecule has 1 amide bonds. The van der Waals surface area contributed by atoms with Gasteiger partial charge in [-0.25, -0.2) is 0 Å². The Bertz CT molecular complexity index is 629. The number of nitrogens with two attached hydrogens (primary N) is 1. The van der Waals surface area contributed by atoms with Gasteiger partial charge in [0, 0.05) is 15.7 Å². The quantitative estimate of drug-likeness (QED) is 0.843. The highest BCUT2D eigenvalue weighted by atomic mass is 79.9. The molecule has 104 valence electrons. The molecule has 0 aliphatic rings. The van der Waals surface area contributed by atoms with Crippen molar-refractivity contribution in [1.82, 2.24) is 0 Å². The molecule has 20 heavy (non-hydrogen) atoms. The van der Waals surface area contributed by atoms with Crippen LogP contribution in [0.4, 0.5) is 11.4 Å². The molecule has 0 radical (unpaired) electrons. The Kier molecular flexibility index (Phi) is 4.63. The van der Waals surface area contributed by atoms with Crippen LogP contribution in [0.25, 0.3) is 0 Å². The van der Waals surface area contributed by atoms with Crippen molar-refractivity contribution in [3.63, 3.8) is 0 Å². The summed E-state index contributed by atoms with van der Waals surface area (Å²) in [4.78, 5) is 12.1. The van der Waals surface area contributed by atoms with Crippen LogP contribution in [-0.4, -0.2) is 13.0 Å². The zero-order valence-electron chi connectivity index (χ0n) is 11.0. The van der Waals surface area contributed by atoms with Crippen LogP contribution in [0.2, 0.25) is 0 Å². The lowest BCUT2D eigenvalue weighted by Gasteiger charge is -2.10. The van der Waals surface area contributed by atoms with Crippen molar-refractivity contribution < 1.29 is 9.53 Å². The second-order valence-electron chi connectivity index (χ2n) is 4.28. The van der Waals surface area contributed by atoms with Crippen molar-refractivity contribution >= 4 is 33.2 Å². The van der Waals surface area contributed by atoms with E-state index in [2.05, 4.69) is 21.2 Å². The van der Waals surface area contributed by atoms with Crippen LogP contribution in [0.15, 0.2) is 46.9 Å². The maximum absolute atomic E-state index is 12.1. The first-order chi connectivity index (χ1) is 9.60. The molecular weight excluding hydrogens is 320 g/mol. The molecule has 0 aromatic heterocycles. The van der Waals surface area contributed by atoms with Gasteiger partial charge < -0.3 is 15.8 Å². The Labute approximate surface area is 126 Å². The molecule has 0 spiro atoms. The summed E-state index contributed by atoms with van der Waals surface area (Å²) in [5.74, 6) is 0.596. The Morgan fingerprint density at radius 2 is 2.05 bits per heavy atom. The van der Waals surface area contributed by atoms with Gasteiger partial charge in [-0.1, -0.05) is 18.2 Å². The van der Waals surface area contributed by atoms with Crippen molar-refractivity contribution in [3.8, 4) is 5.75 Å². The first-order valence-electron chi connectivity index (χ1n) is 6.07. The van der Waals surface area contributed by atoms with Gasteiger partial charge >= 0.3 is 0 Å². The number of amides is 1. The van der Waals surface area contributed by atoms with E-state index in [-0.39, 0.29) is 12.3 Å². The summed E-state index contributed by atoms with van der Waals surface area (Å²) < 4.78 is 5.99. The highest BCUT2D eigenvalue weighted by molar-refractivity contribution is 9.10. The van der Waals surface area contributed by atoms with Crippen LogP contribution < -0.4 is 15.8 Å². The fourth-order valence-electron chi connectivity index (χ4n) is 1.85. The maximum atomic E-state index is 12.1. The average molecular weight is 335 g/mol. The fourth-order valence-corrected chi connectivity index (χ4v) is 2.34. The van der Waals surface area contributed by atoms with E-state index in [1.54, 1.807) is 25.3 Å². The summed E-state index contributed by atoms with van der Waals surface area (Å²) in [5.41, 5.74) is 7.84. The highest BCUT2D eigenvalue weighted by Gasteiger charge is 2.10. The molecule has 2 aromatic carbocycles. The Hall–Kier alpha value is -2.01. The maximum Gasteiger partial charge on any atom is 0.228 e. The molecule has 0 saturated heterocycles. The van der Waals surface area contributed by atoms with Gasteiger partial charge in [-0.2, -0.15) is 0 Å². The van der Waals surface area contributed by atoms with Crippen LogP contribution in [0.1, 0.15) is 5.56 Å². The van der Waals surface area contributed by atoms with Crippen molar-refractivity contribution in [2.45, 2.75) is 6.42 Å². The van der Waals surface area contributed by atoms with E-state index in [1.807, 2.05) is 24.3 Å². The zero-order valence-corrected chi connectivity index (χ0v) is 12.6. The Morgan fingerprint density at radius 1 is 1.30 bits per heavy atom. The molecule has 4 nitrogen and oxygen atoms in total. The van der Waals surface area contributed by atoms with E-state index >= 15 is 0 Å². The number of benzene rings is 2. The molecular formula is C15H15BrN2O2. The number of anilines is 2. The number of nitrogen functional groups attached to an aromatic ring is 1. The number of rotatable bonds is 4. The van der Waals surface area contributed by atoms with Crippen molar-refractivity contribution in [3.05, 3.63) is 52.5 Å². The lowest BCUT2D eigenvalue weighted by Crippen LogP contribution is -2.15. The molecule has 2 aromatic rings. The predicted octanol–water partition coefficient (Wildman–Crippen LogP) is 3.22. The third-order valence-electron chi connectivity index (χ3n) is 2.81. The summed E-state index contributed by atoms with van der Waals surface area (Å²) in [6.45, 7) is 0. The summed E-state index contributed by atoms with van der Waals surface area (Å²) >= 11 is 3.37. The Balaban J connectivity index is 2.09. The molecule has 0 unspecified atom stereocenters. The summed E-state index contributed by atoms with van der Waals surface area (Å²) in [6.07, 6.45) is 0.251. The summed E-state index contributed by atoms with van der Waals surface area (Å²) in [5, 5.41) is 2.84. The molecule has 3 N–H and O–H groups in total. The number of para-hydroxylation sites is 1. The number of carbonyl (C=O) groups excluding carboxylic acids is 1. The van der Waals surface area contributed by atoms with Gasteiger partial charge in [0.15, 0.2) is 0 Å². The van der Waals surface area contributed by atoms with Gasteiger partial charge in [0.2, 0.25) is 5.91 Å². The van der Waals surface area contributed by atoms with Gasteiger partial charge in [0.05, 0.1) is 19.2 Å². The summed E-state index contributed by atoms with van der Waals surface area (Å²) in [7, 11) is 1.59. The van der Waals surface area contributed by atoms with E-state index in [1.165, 1.54) is 0 Å². The number of halogens is 1. The number of hydrogen-bond donors (Lipinski definition) is 2. The minimum Gasteiger partial charge on any atom is -0.496 e. The second-order valence-corrected chi connectivity index (χ2v) is 5.13. The Morgan fingerprint density at radius 3 is 2.75 bits per heavy atom. The number of hydrogen-bond acceptors (Lipinski definition) is 3. The van der Waals surface area contributed by atoms with Crippen LogP contribution in [-0.2, 0) is 11.2 Å². The third kappa shape index (κ3) is 3.51. The molecule has 0 atom stereocenters. The van der Waals surface area contributed by atoms with Gasteiger partial charge in [0.1, 0.15) is 5.75 Å². The van der Waals surface area contributed by atoms with Crippen molar-refractivity contribution in [1.29, 1.82) is 0 Å². The first kappa shape index (κ1) is 14.4. The van der Waals surface area contributed by atoms with Crippen molar-refractivity contribution in [2.24, 2.45) is 0 Å². The number of ether oxygens (including phenoxy) is 1. The molecule has 2 rings (SSSR count). The molecule has 0 heterocycles. The van der Waals surface area contributed by atoms with Gasteiger partial charge in [-0.05, 0) is 40.2 Å². The standard InChI is InChI=1S/C15H15BrN2O2/c1-20-14-5-3-2-4-10(14)8-15(19)18-13-7-6-11(17)9-12(13)16/h2-7,9H,8,17H2,1H3,(H,18,19). The topological polar surface area (TPSA) is 64.3 Å². The zero-order chi connectivity index (χ0) is 14.5. The van der Waals surface area contributed by atoms with Crippen LogP contribution >= 0.6 is 15.9 Å². The predicted molar refractivity (Wildman–Crippen MR) is 83.9 cm³/mol. The molecule has 0 aliphatic heterocycles. The smallest absolute Gasteiger partial charge is 0.228 e. The minimum atomic E-state index is -0.111.